The van der Waals surface area contributed by atoms with E-state index in [9.17, 15) is 4.79 Å². The Balaban J connectivity index is 1.88. The third kappa shape index (κ3) is 2.53. The molecule has 0 spiro atoms. The summed E-state index contributed by atoms with van der Waals surface area (Å²) in [6.45, 7) is 1.93. The molecule has 0 aliphatic rings. The summed E-state index contributed by atoms with van der Waals surface area (Å²) >= 11 is 7.53. The van der Waals surface area contributed by atoms with Crippen LogP contribution in [0.15, 0.2) is 42.5 Å². The topological polar surface area (TPSA) is 42.0 Å². The minimum Gasteiger partial charge on any atom is -0.298 e. The first-order valence-electron chi connectivity index (χ1n) is 6.06. The summed E-state index contributed by atoms with van der Waals surface area (Å²) in [5, 5.41) is 3.82. The van der Waals surface area contributed by atoms with E-state index in [2.05, 4.69) is 10.3 Å². The molecule has 0 radical (unpaired) electrons. The van der Waals surface area contributed by atoms with Crippen molar-refractivity contribution in [1.82, 2.24) is 4.98 Å². The number of thiazole rings is 1. The van der Waals surface area contributed by atoms with E-state index in [4.69, 9.17) is 11.6 Å². The number of carbonyl (C=O) groups excluding carboxylic acids is 1. The van der Waals surface area contributed by atoms with E-state index in [1.165, 1.54) is 11.3 Å². The highest BCUT2D eigenvalue weighted by molar-refractivity contribution is 7.22. The summed E-state index contributed by atoms with van der Waals surface area (Å²) in [6, 6.07) is 13.1. The lowest BCUT2D eigenvalue weighted by atomic mass is 10.1. The fraction of sp³-hybridized carbons (Fsp3) is 0.0667. The summed E-state index contributed by atoms with van der Waals surface area (Å²) in [5.41, 5.74) is 2.35. The minimum absolute atomic E-state index is 0.242. The van der Waals surface area contributed by atoms with Crippen molar-refractivity contribution < 1.29 is 4.79 Å². The summed E-state index contributed by atoms with van der Waals surface area (Å²) < 4.78 is 1.04. The van der Waals surface area contributed by atoms with Crippen LogP contribution in [-0.2, 0) is 0 Å². The number of hydrogen-bond donors (Lipinski definition) is 1. The van der Waals surface area contributed by atoms with Gasteiger partial charge in [0.1, 0.15) is 0 Å². The van der Waals surface area contributed by atoms with Crippen LogP contribution in [0, 0.1) is 6.92 Å². The number of anilines is 1. The quantitative estimate of drug-likeness (QED) is 0.756. The molecule has 1 heterocycles. The van der Waals surface area contributed by atoms with Gasteiger partial charge in [-0.05, 0) is 36.8 Å². The van der Waals surface area contributed by atoms with Crippen LogP contribution >= 0.6 is 22.9 Å². The molecular weight excluding hydrogens is 292 g/mol. The second-order valence-electron chi connectivity index (χ2n) is 4.42. The molecule has 0 unspecified atom stereocenters. The Labute approximate surface area is 125 Å². The Morgan fingerprint density at radius 3 is 2.80 bits per heavy atom. The third-order valence-electron chi connectivity index (χ3n) is 2.88. The molecule has 2 aromatic carbocycles. The average molecular weight is 303 g/mol. The van der Waals surface area contributed by atoms with Gasteiger partial charge in [-0.15, -0.1) is 0 Å². The van der Waals surface area contributed by atoms with Gasteiger partial charge < -0.3 is 0 Å². The lowest BCUT2D eigenvalue weighted by molar-refractivity contribution is 0.102. The number of nitrogens with zero attached hydrogens (tertiary/aromatic N) is 1. The number of carbonyl (C=O) groups is 1. The van der Waals surface area contributed by atoms with Crippen LogP contribution in [0.5, 0.6) is 0 Å². The largest absolute Gasteiger partial charge is 0.298 e. The van der Waals surface area contributed by atoms with Crippen molar-refractivity contribution in [1.29, 1.82) is 0 Å². The summed E-state index contributed by atoms with van der Waals surface area (Å²) in [4.78, 5) is 16.6. The second kappa shape index (κ2) is 5.23. The van der Waals surface area contributed by atoms with Crippen LogP contribution < -0.4 is 5.32 Å². The highest BCUT2D eigenvalue weighted by Crippen LogP contribution is 2.26. The van der Waals surface area contributed by atoms with E-state index in [0.29, 0.717) is 15.7 Å². The molecule has 0 saturated heterocycles. The molecule has 0 atom stereocenters. The molecule has 20 heavy (non-hydrogen) atoms. The zero-order valence-corrected chi connectivity index (χ0v) is 12.3. The molecule has 1 N–H and O–H groups in total. The predicted octanol–water partition coefficient (Wildman–Crippen LogP) is 4.51. The molecule has 3 nitrogen and oxygen atoms in total. The predicted molar refractivity (Wildman–Crippen MR) is 83.8 cm³/mol. The molecule has 1 amide bonds. The van der Waals surface area contributed by atoms with Crippen LogP contribution in [0.2, 0.25) is 5.02 Å². The zero-order chi connectivity index (χ0) is 14.1. The number of aromatic nitrogens is 1. The first-order chi connectivity index (χ1) is 9.63. The lowest BCUT2D eigenvalue weighted by Gasteiger charge is -2.04. The van der Waals surface area contributed by atoms with Crippen molar-refractivity contribution in [3.8, 4) is 0 Å². The standard InChI is InChI=1S/C15H11ClN2OS/c1-9-6-7-10(11(16)8-9)14(19)18-15-17-12-4-2-3-5-13(12)20-15/h2-8H,1H3,(H,17,18,19). The number of nitrogens with one attached hydrogen (secondary N) is 1. The molecule has 0 saturated carbocycles. The monoisotopic (exact) mass is 302 g/mol. The van der Waals surface area contributed by atoms with Crippen molar-refractivity contribution in [2.45, 2.75) is 6.92 Å². The highest BCUT2D eigenvalue weighted by Gasteiger charge is 2.12. The molecule has 3 aromatic rings. The van der Waals surface area contributed by atoms with Gasteiger partial charge in [0, 0.05) is 0 Å². The molecule has 0 fully saturated rings. The Hall–Kier alpha value is -1.91. The molecule has 3 rings (SSSR count). The number of halogens is 1. The van der Waals surface area contributed by atoms with Gasteiger partial charge in [-0.3, -0.25) is 10.1 Å². The maximum atomic E-state index is 12.2. The van der Waals surface area contributed by atoms with Crippen LogP contribution in [0.1, 0.15) is 15.9 Å². The minimum atomic E-state index is -0.242. The molecule has 0 aliphatic carbocycles. The number of hydrogen-bond acceptors (Lipinski definition) is 3. The van der Waals surface area contributed by atoms with E-state index in [-0.39, 0.29) is 5.91 Å². The molecule has 1 aromatic heterocycles. The van der Waals surface area contributed by atoms with Gasteiger partial charge in [0.25, 0.3) is 5.91 Å². The lowest BCUT2D eigenvalue weighted by Crippen LogP contribution is -2.12. The highest BCUT2D eigenvalue weighted by atomic mass is 35.5. The van der Waals surface area contributed by atoms with E-state index in [1.807, 2.05) is 37.3 Å². The Morgan fingerprint density at radius 2 is 2.05 bits per heavy atom. The fourth-order valence-corrected chi connectivity index (χ4v) is 3.08. The van der Waals surface area contributed by atoms with Crippen LogP contribution in [0.25, 0.3) is 10.2 Å². The number of amides is 1. The zero-order valence-electron chi connectivity index (χ0n) is 10.7. The van der Waals surface area contributed by atoms with E-state index < -0.39 is 0 Å². The van der Waals surface area contributed by atoms with Gasteiger partial charge in [-0.2, -0.15) is 0 Å². The normalized spacial score (nSPS) is 10.7. The maximum Gasteiger partial charge on any atom is 0.258 e. The molecule has 0 bridgehead atoms. The molecule has 100 valence electrons. The SMILES string of the molecule is Cc1ccc(C(=O)Nc2nc3ccccc3s2)c(Cl)c1. The second-order valence-corrected chi connectivity index (χ2v) is 5.86. The van der Waals surface area contributed by atoms with Crippen molar-refractivity contribution in [2.75, 3.05) is 5.32 Å². The molecule has 0 aliphatic heterocycles. The summed E-state index contributed by atoms with van der Waals surface area (Å²) in [7, 11) is 0. The van der Waals surface area contributed by atoms with Crippen molar-refractivity contribution >= 4 is 44.2 Å². The number of aryl methyl sites for hydroxylation is 1. The number of rotatable bonds is 2. The number of para-hydroxylation sites is 1. The van der Waals surface area contributed by atoms with Gasteiger partial charge in [0.15, 0.2) is 5.13 Å². The Bertz CT molecular complexity index is 764. The van der Waals surface area contributed by atoms with Crippen molar-refractivity contribution in [3.05, 3.63) is 58.6 Å². The molecule has 5 heteroatoms. The number of benzene rings is 2. The summed E-state index contributed by atoms with van der Waals surface area (Å²) in [5.74, 6) is -0.242. The Morgan fingerprint density at radius 1 is 1.25 bits per heavy atom. The maximum absolute atomic E-state index is 12.2. The van der Waals surface area contributed by atoms with Crippen molar-refractivity contribution in [3.63, 3.8) is 0 Å². The van der Waals surface area contributed by atoms with Crippen LogP contribution in [0.3, 0.4) is 0 Å². The molecular formula is C15H11ClN2OS. The Kier molecular flexibility index (Phi) is 3.42. The van der Waals surface area contributed by atoms with Gasteiger partial charge in [0.2, 0.25) is 0 Å². The van der Waals surface area contributed by atoms with Gasteiger partial charge >= 0.3 is 0 Å². The number of fused-ring (bicyclic) bond motifs is 1. The van der Waals surface area contributed by atoms with Crippen LogP contribution in [-0.4, -0.2) is 10.9 Å². The third-order valence-corrected chi connectivity index (χ3v) is 4.15. The van der Waals surface area contributed by atoms with E-state index in [0.717, 1.165) is 15.8 Å². The van der Waals surface area contributed by atoms with E-state index >= 15 is 0 Å². The van der Waals surface area contributed by atoms with Crippen molar-refractivity contribution in [2.24, 2.45) is 0 Å². The summed E-state index contributed by atoms with van der Waals surface area (Å²) in [6.07, 6.45) is 0. The smallest absolute Gasteiger partial charge is 0.258 e. The average Bonchev–Trinajstić information content (AvgIpc) is 2.80. The van der Waals surface area contributed by atoms with Gasteiger partial charge in [-0.25, -0.2) is 4.98 Å². The fourth-order valence-electron chi connectivity index (χ4n) is 1.89. The van der Waals surface area contributed by atoms with Gasteiger partial charge in [0.05, 0.1) is 20.8 Å². The van der Waals surface area contributed by atoms with E-state index in [1.54, 1.807) is 12.1 Å². The first-order valence-corrected chi connectivity index (χ1v) is 7.26. The van der Waals surface area contributed by atoms with Crippen LogP contribution in [0.4, 0.5) is 5.13 Å². The first kappa shape index (κ1) is 13.1. The van der Waals surface area contributed by atoms with Gasteiger partial charge in [-0.1, -0.05) is 41.1 Å².